The Morgan fingerprint density at radius 3 is 2.82 bits per heavy atom. The minimum atomic E-state index is -0.940. The molecule has 0 aliphatic carbocycles. The van der Waals surface area contributed by atoms with E-state index in [9.17, 15) is 14.3 Å². The summed E-state index contributed by atoms with van der Waals surface area (Å²) in [6, 6.07) is 4.49. The Hall–Kier alpha value is -1.14. The molecule has 1 aliphatic heterocycles. The summed E-state index contributed by atoms with van der Waals surface area (Å²) in [5.41, 5.74) is -0.296. The maximum Gasteiger partial charge on any atom is 0.410 e. The van der Waals surface area contributed by atoms with Crippen LogP contribution >= 0.6 is 15.9 Å². The Morgan fingerprint density at radius 2 is 2.18 bits per heavy atom. The van der Waals surface area contributed by atoms with Gasteiger partial charge < -0.3 is 14.7 Å². The number of carbonyl (C=O) groups is 1. The molecule has 0 saturated carbocycles. The largest absolute Gasteiger partial charge is 0.444 e. The molecule has 0 radical (unpaired) electrons. The predicted molar refractivity (Wildman–Crippen MR) is 85.0 cm³/mol. The van der Waals surface area contributed by atoms with E-state index >= 15 is 0 Å². The number of likely N-dealkylation sites (tertiary alicyclic amines) is 1. The first-order valence-corrected chi connectivity index (χ1v) is 8.07. The van der Waals surface area contributed by atoms with Crippen LogP contribution in [-0.4, -0.2) is 34.8 Å². The summed E-state index contributed by atoms with van der Waals surface area (Å²) in [5.74, 6) is -0.636. The van der Waals surface area contributed by atoms with Gasteiger partial charge in [0.15, 0.2) is 0 Å². The Labute approximate surface area is 138 Å². The third-order valence-electron chi connectivity index (χ3n) is 3.60. The fourth-order valence-electron chi connectivity index (χ4n) is 2.53. The smallest absolute Gasteiger partial charge is 0.410 e. The lowest BCUT2D eigenvalue weighted by atomic mass is 9.95. The number of aliphatic hydroxyl groups excluding tert-OH is 1. The molecule has 0 spiro atoms. The van der Waals surface area contributed by atoms with E-state index < -0.39 is 23.6 Å². The van der Waals surface area contributed by atoms with Gasteiger partial charge in [0.25, 0.3) is 0 Å². The van der Waals surface area contributed by atoms with Crippen molar-refractivity contribution < 1.29 is 19.0 Å². The molecule has 1 aromatic rings. The molecule has 1 amide bonds. The van der Waals surface area contributed by atoms with Gasteiger partial charge in [-0.25, -0.2) is 9.18 Å². The molecule has 1 N–H and O–H groups in total. The van der Waals surface area contributed by atoms with E-state index in [0.29, 0.717) is 24.0 Å². The number of rotatable bonds is 2. The molecule has 0 aromatic heterocycles. The quantitative estimate of drug-likeness (QED) is 0.855. The highest BCUT2D eigenvalue weighted by Gasteiger charge is 2.34. The molecule has 1 heterocycles. The number of carbonyl (C=O) groups excluding carboxylic acids is 1. The van der Waals surface area contributed by atoms with Gasteiger partial charge in [-0.3, -0.25) is 0 Å². The number of ether oxygens (including phenoxy) is 1. The summed E-state index contributed by atoms with van der Waals surface area (Å²) in [5, 5.41) is 10.4. The highest BCUT2D eigenvalue weighted by atomic mass is 79.9. The first-order valence-electron chi connectivity index (χ1n) is 7.28. The molecular formula is C16H21BrFNO3. The van der Waals surface area contributed by atoms with Crippen LogP contribution in [0.2, 0.25) is 0 Å². The predicted octanol–water partition coefficient (Wildman–Crippen LogP) is 3.88. The Balaban J connectivity index is 2.03. The molecule has 2 atom stereocenters. The zero-order valence-corrected chi connectivity index (χ0v) is 14.6. The SMILES string of the molecule is CC(C)(C)OC(=O)N1CCC(C(O)c2cc(Br)ccc2F)C1. The zero-order valence-electron chi connectivity index (χ0n) is 13.0. The van der Waals surface area contributed by atoms with Gasteiger partial charge in [-0.1, -0.05) is 15.9 Å². The van der Waals surface area contributed by atoms with Crippen LogP contribution < -0.4 is 0 Å². The number of halogens is 2. The molecular weight excluding hydrogens is 353 g/mol. The lowest BCUT2D eigenvalue weighted by Crippen LogP contribution is -2.35. The molecule has 1 aromatic carbocycles. The van der Waals surface area contributed by atoms with Crippen LogP contribution in [0.5, 0.6) is 0 Å². The van der Waals surface area contributed by atoms with Crippen LogP contribution in [0.3, 0.4) is 0 Å². The van der Waals surface area contributed by atoms with E-state index in [1.807, 2.05) is 20.8 Å². The van der Waals surface area contributed by atoms with Gasteiger partial charge in [-0.15, -0.1) is 0 Å². The van der Waals surface area contributed by atoms with Crippen molar-refractivity contribution >= 4 is 22.0 Å². The molecule has 2 rings (SSSR count). The number of benzene rings is 1. The monoisotopic (exact) mass is 373 g/mol. The average molecular weight is 374 g/mol. The second-order valence-corrected chi connectivity index (χ2v) is 7.50. The molecule has 122 valence electrons. The number of hydrogen-bond donors (Lipinski definition) is 1. The van der Waals surface area contributed by atoms with E-state index in [1.165, 1.54) is 6.07 Å². The van der Waals surface area contributed by atoms with Crippen LogP contribution in [0.4, 0.5) is 9.18 Å². The van der Waals surface area contributed by atoms with Crippen LogP contribution in [0.25, 0.3) is 0 Å². The van der Waals surface area contributed by atoms with E-state index in [0.717, 1.165) is 0 Å². The number of amides is 1. The minimum absolute atomic E-state index is 0.198. The van der Waals surface area contributed by atoms with Gasteiger partial charge in [0, 0.05) is 29.0 Å². The van der Waals surface area contributed by atoms with Crippen molar-refractivity contribution in [1.29, 1.82) is 0 Å². The summed E-state index contributed by atoms with van der Waals surface area (Å²) >= 11 is 3.28. The number of nitrogens with zero attached hydrogens (tertiary/aromatic N) is 1. The van der Waals surface area contributed by atoms with E-state index in [-0.39, 0.29) is 11.5 Å². The maximum atomic E-state index is 13.9. The highest BCUT2D eigenvalue weighted by molar-refractivity contribution is 9.10. The molecule has 2 unspecified atom stereocenters. The van der Waals surface area contributed by atoms with Gasteiger partial charge in [0.2, 0.25) is 0 Å². The first-order chi connectivity index (χ1) is 10.2. The minimum Gasteiger partial charge on any atom is -0.444 e. The maximum absolute atomic E-state index is 13.9. The Kier molecular flexibility index (Phi) is 5.12. The van der Waals surface area contributed by atoms with Gasteiger partial charge in [-0.2, -0.15) is 0 Å². The summed E-state index contributed by atoms with van der Waals surface area (Å²) in [7, 11) is 0. The topological polar surface area (TPSA) is 49.8 Å². The second kappa shape index (κ2) is 6.54. The van der Waals surface area contributed by atoms with Crippen molar-refractivity contribution in [2.45, 2.75) is 38.9 Å². The highest BCUT2D eigenvalue weighted by Crippen LogP contribution is 2.33. The van der Waals surface area contributed by atoms with Crippen molar-refractivity contribution in [3.8, 4) is 0 Å². The normalized spacial score (nSPS) is 20.1. The summed E-state index contributed by atoms with van der Waals surface area (Å²) in [4.78, 5) is 13.6. The average Bonchev–Trinajstić information content (AvgIpc) is 2.88. The summed E-state index contributed by atoms with van der Waals surface area (Å²) in [6.45, 7) is 6.30. The van der Waals surface area contributed by atoms with Gasteiger partial charge in [0.05, 0.1) is 6.10 Å². The van der Waals surface area contributed by atoms with E-state index in [1.54, 1.807) is 17.0 Å². The molecule has 1 saturated heterocycles. The van der Waals surface area contributed by atoms with Crippen molar-refractivity contribution in [2.24, 2.45) is 5.92 Å². The van der Waals surface area contributed by atoms with Crippen LogP contribution in [0.1, 0.15) is 38.9 Å². The summed E-state index contributed by atoms with van der Waals surface area (Å²) < 4.78 is 19.9. The first kappa shape index (κ1) is 17.2. The van der Waals surface area contributed by atoms with Crippen molar-refractivity contribution in [3.63, 3.8) is 0 Å². The third kappa shape index (κ3) is 4.20. The molecule has 1 fully saturated rings. The van der Waals surface area contributed by atoms with Crippen LogP contribution in [-0.2, 0) is 4.74 Å². The van der Waals surface area contributed by atoms with Crippen molar-refractivity contribution in [2.75, 3.05) is 13.1 Å². The molecule has 4 nitrogen and oxygen atoms in total. The van der Waals surface area contributed by atoms with Crippen LogP contribution in [0, 0.1) is 11.7 Å². The van der Waals surface area contributed by atoms with Gasteiger partial charge in [0.1, 0.15) is 11.4 Å². The molecule has 0 bridgehead atoms. The van der Waals surface area contributed by atoms with Gasteiger partial charge in [-0.05, 0) is 45.4 Å². The molecule has 22 heavy (non-hydrogen) atoms. The second-order valence-electron chi connectivity index (χ2n) is 6.59. The fraction of sp³-hybridized carbons (Fsp3) is 0.562. The van der Waals surface area contributed by atoms with E-state index in [4.69, 9.17) is 4.74 Å². The lowest BCUT2D eigenvalue weighted by molar-refractivity contribution is 0.0267. The Bertz CT molecular complexity index is 559. The number of hydrogen-bond acceptors (Lipinski definition) is 3. The lowest BCUT2D eigenvalue weighted by Gasteiger charge is -2.25. The summed E-state index contributed by atoms with van der Waals surface area (Å²) in [6.07, 6.45) is -0.714. The fourth-order valence-corrected chi connectivity index (χ4v) is 2.91. The third-order valence-corrected chi connectivity index (χ3v) is 4.09. The van der Waals surface area contributed by atoms with Crippen LogP contribution in [0.15, 0.2) is 22.7 Å². The van der Waals surface area contributed by atoms with Crippen molar-refractivity contribution in [1.82, 2.24) is 4.90 Å². The van der Waals surface area contributed by atoms with Crippen molar-refractivity contribution in [3.05, 3.63) is 34.1 Å². The molecule has 6 heteroatoms. The van der Waals surface area contributed by atoms with E-state index in [2.05, 4.69) is 15.9 Å². The number of aliphatic hydroxyl groups is 1. The van der Waals surface area contributed by atoms with Gasteiger partial charge >= 0.3 is 6.09 Å². The Morgan fingerprint density at radius 1 is 1.50 bits per heavy atom. The molecule has 1 aliphatic rings. The zero-order chi connectivity index (χ0) is 16.5. The standard InChI is InChI=1S/C16H21BrFNO3/c1-16(2,3)22-15(21)19-7-6-10(9-19)14(20)12-8-11(17)4-5-13(12)18/h4-5,8,10,14,20H,6-7,9H2,1-3H3.